The van der Waals surface area contributed by atoms with Gasteiger partial charge in [-0.05, 0) is 71.1 Å². The molecule has 0 radical (unpaired) electrons. The first-order chi connectivity index (χ1) is 32.5. The van der Waals surface area contributed by atoms with Gasteiger partial charge in [0.2, 0.25) is 0 Å². The summed E-state index contributed by atoms with van der Waals surface area (Å²) in [4.78, 5) is 34.6. The molecule has 3 aromatic heterocycles. The third-order valence-electron chi connectivity index (χ3n) is 11.7. The van der Waals surface area contributed by atoms with Crippen LogP contribution in [0.4, 0.5) is 0 Å². The van der Waals surface area contributed by atoms with Crippen molar-refractivity contribution in [2.75, 3.05) is 0 Å². The maximum atomic E-state index is 5.16. The Morgan fingerprint density at radius 3 is 1.29 bits per heavy atom. The van der Waals surface area contributed by atoms with Crippen LogP contribution in [0.5, 0.6) is 0 Å². The van der Waals surface area contributed by atoms with E-state index in [2.05, 4.69) is 138 Å². The van der Waals surface area contributed by atoms with Crippen molar-refractivity contribution in [1.29, 1.82) is 0 Å². The first-order valence-electron chi connectivity index (χ1n) is 22.0. The van der Waals surface area contributed by atoms with Crippen LogP contribution in [0.1, 0.15) is 11.5 Å². The lowest BCUT2D eigenvalue weighted by Gasteiger charge is -2.14. The van der Waals surface area contributed by atoms with Crippen LogP contribution in [-0.2, 0) is 0 Å². The highest BCUT2D eigenvalue weighted by Gasteiger charge is 2.17. The summed E-state index contributed by atoms with van der Waals surface area (Å²) in [7, 11) is 0. The molecule has 0 saturated heterocycles. The van der Waals surface area contributed by atoms with Gasteiger partial charge in [-0.25, -0.2) is 34.9 Å². The maximum Gasteiger partial charge on any atom is 0.164 e. The van der Waals surface area contributed by atoms with Crippen LogP contribution in [0, 0.1) is 13.8 Å². The fraction of sp³-hybridized carbons (Fsp3) is 0.0339. The molecule has 7 nitrogen and oxygen atoms in total. The van der Waals surface area contributed by atoms with E-state index in [0.29, 0.717) is 23.3 Å². The molecule has 0 atom stereocenters. The molecule has 0 aliphatic rings. The molecular weight excluding hydrogens is 807 g/mol. The summed E-state index contributed by atoms with van der Waals surface area (Å²) >= 11 is 0. The smallest absolute Gasteiger partial charge is 0.164 e. The molecule has 11 rings (SSSR count). The second-order valence-corrected chi connectivity index (χ2v) is 16.3. The number of hydrogen-bond donors (Lipinski definition) is 0. The highest BCUT2D eigenvalue weighted by molar-refractivity contribution is 5.89. The van der Waals surface area contributed by atoms with Gasteiger partial charge < -0.3 is 0 Å². The van der Waals surface area contributed by atoms with Crippen LogP contribution in [0.25, 0.3) is 112 Å². The monoisotopic (exact) mass is 847 g/mol. The Balaban J connectivity index is 0.957. The van der Waals surface area contributed by atoms with Gasteiger partial charge in [0.25, 0.3) is 0 Å². The normalized spacial score (nSPS) is 11.2. The average Bonchev–Trinajstić information content (AvgIpc) is 3.38. The summed E-state index contributed by atoms with van der Waals surface area (Å²) in [6.07, 6.45) is 0. The first-order valence-corrected chi connectivity index (χ1v) is 22.0. The number of aromatic nitrogens is 7. The molecule has 0 aliphatic heterocycles. The van der Waals surface area contributed by atoms with Gasteiger partial charge in [-0.1, -0.05) is 188 Å². The number of nitrogens with zero attached hydrogens (tertiary/aromatic N) is 7. The van der Waals surface area contributed by atoms with Crippen molar-refractivity contribution < 1.29 is 0 Å². The highest BCUT2D eigenvalue weighted by Crippen LogP contribution is 2.38. The van der Waals surface area contributed by atoms with Crippen molar-refractivity contribution in [3.8, 4) is 102 Å². The van der Waals surface area contributed by atoms with Crippen LogP contribution in [0.3, 0.4) is 0 Å². The number of fused-ring (bicyclic) bond motifs is 1. The lowest BCUT2D eigenvalue weighted by Crippen LogP contribution is -2.00. The first kappa shape index (κ1) is 40.0. The molecule has 0 bridgehead atoms. The Morgan fingerprint density at radius 2 is 0.697 bits per heavy atom. The van der Waals surface area contributed by atoms with Crippen LogP contribution < -0.4 is 0 Å². The Bertz CT molecular complexity index is 3440. The van der Waals surface area contributed by atoms with Crippen LogP contribution in [-0.4, -0.2) is 34.9 Å². The fourth-order valence-electron chi connectivity index (χ4n) is 8.42. The fourth-order valence-corrected chi connectivity index (χ4v) is 8.42. The van der Waals surface area contributed by atoms with Crippen molar-refractivity contribution in [3.63, 3.8) is 0 Å². The predicted octanol–water partition coefficient (Wildman–Crippen LogP) is 14.2. The van der Waals surface area contributed by atoms with E-state index in [4.69, 9.17) is 29.9 Å². The Hall–Kier alpha value is -8.81. The van der Waals surface area contributed by atoms with E-state index in [1.165, 1.54) is 10.8 Å². The topological polar surface area (TPSA) is 90.2 Å². The van der Waals surface area contributed by atoms with E-state index < -0.39 is 0 Å². The van der Waals surface area contributed by atoms with Gasteiger partial charge in [-0.15, -0.1) is 0 Å². The minimum atomic E-state index is 0.614. The lowest BCUT2D eigenvalue weighted by molar-refractivity contribution is 1.02. The van der Waals surface area contributed by atoms with E-state index in [-0.39, 0.29) is 0 Å². The summed E-state index contributed by atoms with van der Waals surface area (Å²) < 4.78 is 0. The molecule has 0 N–H and O–H groups in total. The van der Waals surface area contributed by atoms with Crippen molar-refractivity contribution >= 4 is 10.8 Å². The molecule has 7 heteroatoms. The lowest BCUT2D eigenvalue weighted by atomic mass is 9.92. The summed E-state index contributed by atoms with van der Waals surface area (Å²) in [5.74, 6) is 3.26. The maximum absolute atomic E-state index is 5.16. The zero-order valence-electron chi connectivity index (χ0n) is 36.3. The van der Waals surface area contributed by atoms with Gasteiger partial charge in [0, 0.05) is 44.6 Å². The van der Waals surface area contributed by atoms with E-state index in [1.54, 1.807) is 0 Å². The zero-order valence-corrected chi connectivity index (χ0v) is 36.3. The van der Waals surface area contributed by atoms with Crippen molar-refractivity contribution in [2.24, 2.45) is 0 Å². The molecule has 11 aromatic rings. The third-order valence-corrected chi connectivity index (χ3v) is 11.7. The van der Waals surface area contributed by atoms with E-state index in [0.717, 1.165) is 89.8 Å². The molecular formula is C59H41N7. The minimum absolute atomic E-state index is 0.614. The van der Waals surface area contributed by atoms with E-state index in [9.17, 15) is 0 Å². The number of aryl methyl sites for hydroxylation is 2. The second kappa shape index (κ2) is 17.4. The molecule has 0 spiro atoms. The minimum Gasteiger partial charge on any atom is -0.239 e. The molecule has 0 saturated carbocycles. The summed E-state index contributed by atoms with van der Waals surface area (Å²) in [6.45, 7) is 3.95. The van der Waals surface area contributed by atoms with Crippen molar-refractivity contribution in [2.45, 2.75) is 13.8 Å². The number of benzene rings is 8. The molecule has 8 aromatic carbocycles. The van der Waals surface area contributed by atoms with Gasteiger partial charge >= 0.3 is 0 Å². The molecule has 312 valence electrons. The molecule has 0 amide bonds. The summed E-state index contributed by atoms with van der Waals surface area (Å²) in [5.41, 5.74) is 14.5. The van der Waals surface area contributed by atoms with Crippen molar-refractivity contribution in [3.05, 3.63) is 224 Å². The zero-order chi connectivity index (χ0) is 44.4. The van der Waals surface area contributed by atoms with Gasteiger partial charge in [-0.3, -0.25) is 0 Å². The van der Waals surface area contributed by atoms with E-state index >= 15 is 0 Å². The molecule has 0 fully saturated rings. The summed E-state index contributed by atoms with van der Waals surface area (Å²) in [6, 6.07) is 73.0. The molecule has 66 heavy (non-hydrogen) atoms. The van der Waals surface area contributed by atoms with Gasteiger partial charge in [0.05, 0.1) is 17.1 Å². The quantitative estimate of drug-likeness (QED) is 0.143. The number of hydrogen-bond acceptors (Lipinski definition) is 7. The molecule has 0 aliphatic carbocycles. The van der Waals surface area contributed by atoms with Crippen molar-refractivity contribution in [1.82, 2.24) is 34.9 Å². The van der Waals surface area contributed by atoms with Crippen LogP contribution in [0.2, 0.25) is 0 Å². The standard InChI is InChI=1S/C59H41N7/c1-38-34-55(61-39(2)60-38)52-36-49(41-22-27-47(28-23-41)59-65-57(44-17-8-4-9-18-44)64-58(66-59)45-19-10-5-11-20-45)32-33-51(52)42-25-29-46(30-26-42)56-62-53(43-15-6-3-7-16-43)37-54(63-56)50-31-24-40-14-12-13-21-48(40)35-50/h3-37H,1-2H3. The molecule has 3 heterocycles. The summed E-state index contributed by atoms with van der Waals surface area (Å²) in [5, 5.41) is 2.36. The third kappa shape index (κ3) is 8.25. The van der Waals surface area contributed by atoms with Gasteiger partial charge in [-0.2, -0.15) is 0 Å². The van der Waals surface area contributed by atoms with Crippen LogP contribution >= 0.6 is 0 Å². The predicted molar refractivity (Wildman–Crippen MR) is 267 cm³/mol. The molecule has 0 unspecified atom stereocenters. The SMILES string of the molecule is Cc1cc(-c2cc(-c3ccc(-c4nc(-c5ccccc5)nc(-c5ccccc5)n4)cc3)ccc2-c2ccc(-c3nc(-c4ccccc4)cc(-c4ccc5ccccc5c4)n3)cc2)nc(C)n1. The number of rotatable bonds is 9. The highest BCUT2D eigenvalue weighted by atomic mass is 15.0. The van der Waals surface area contributed by atoms with E-state index in [1.807, 2.05) is 92.7 Å². The van der Waals surface area contributed by atoms with Gasteiger partial charge in [0.15, 0.2) is 23.3 Å². The Morgan fingerprint density at radius 1 is 0.242 bits per heavy atom. The second-order valence-electron chi connectivity index (χ2n) is 16.3. The van der Waals surface area contributed by atoms with Crippen LogP contribution in [0.15, 0.2) is 212 Å². The Kier molecular flexibility index (Phi) is 10.5. The average molecular weight is 848 g/mol. The van der Waals surface area contributed by atoms with Gasteiger partial charge in [0.1, 0.15) is 5.82 Å². The Labute approximate surface area is 383 Å². The largest absolute Gasteiger partial charge is 0.239 e.